The van der Waals surface area contributed by atoms with Crippen LogP contribution in [0.25, 0.3) is 0 Å². The van der Waals surface area contributed by atoms with E-state index in [1.54, 1.807) is 9.80 Å². The number of carbonyl (C=O) groups excluding carboxylic acids is 2. The van der Waals surface area contributed by atoms with Crippen molar-refractivity contribution in [1.29, 1.82) is 0 Å². The number of piperazine rings is 1. The van der Waals surface area contributed by atoms with Gasteiger partial charge < -0.3 is 28.9 Å². The molecule has 2 fully saturated rings. The minimum Gasteiger partial charge on any atom is -0.489 e. The van der Waals surface area contributed by atoms with Crippen molar-refractivity contribution in [3.63, 3.8) is 0 Å². The van der Waals surface area contributed by atoms with E-state index in [-0.39, 0.29) is 24.9 Å². The van der Waals surface area contributed by atoms with Crippen LogP contribution in [0.3, 0.4) is 0 Å². The maximum absolute atomic E-state index is 12.4. The molecule has 8 nitrogen and oxygen atoms in total. The number of hydrogen-bond donors (Lipinski definition) is 0. The summed E-state index contributed by atoms with van der Waals surface area (Å²) >= 11 is 6.46. The van der Waals surface area contributed by atoms with Gasteiger partial charge in [0.1, 0.15) is 24.1 Å². The molecule has 2 aliphatic heterocycles. The topological polar surface area (TPSA) is 71.6 Å². The molecule has 2 aromatic rings. The van der Waals surface area contributed by atoms with Crippen LogP contribution in [0.4, 0.5) is 15.3 Å². The van der Waals surface area contributed by atoms with Crippen molar-refractivity contribution in [2.45, 2.75) is 51.9 Å². The fourth-order valence-electron chi connectivity index (χ4n) is 4.40. The summed E-state index contributed by atoms with van der Waals surface area (Å²) in [5.74, 6) is 0.638. The van der Waals surface area contributed by atoms with Crippen molar-refractivity contribution in [2.75, 3.05) is 44.2 Å². The number of hydrogen-bond acceptors (Lipinski definition) is 6. The SMILES string of the molecule is CC(C)(C)OC(=O)N1CCN(c2ccc(Cl)c(OC3CCN(C(=O)OCc4ccccc4)CC3)c2)CC1. The first kappa shape index (κ1) is 26.9. The Morgan fingerprint density at radius 2 is 1.54 bits per heavy atom. The number of benzene rings is 2. The van der Waals surface area contributed by atoms with Gasteiger partial charge in [0.05, 0.1) is 5.02 Å². The largest absolute Gasteiger partial charge is 0.489 e. The number of carbonyl (C=O) groups is 2. The van der Waals surface area contributed by atoms with Gasteiger partial charge in [-0.15, -0.1) is 0 Å². The van der Waals surface area contributed by atoms with Crippen LogP contribution < -0.4 is 9.64 Å². The van der Waals surface area contributed by atoms with Gasteiger partial charge in [0, 0.05) is 63.9 Å². The summed E-state index contributed by atoms with van der Waals surface area (Å²) in [5, 5.41) is 0.556. The van der Waals surface area contributed by atoms with Crippen LogP contribution in [0.2, 0.25) is 5.02 Å². The quantitative estimate of drug-likeness (QED) is 0.503. The van der Waals surface area contributed by atoms with Gasteiger partial charge in [0.15, 0.2) is 0 Å². The number of rotatable bonds is 5. The lowest BCUT2D eigenvalue weighted by atomic mass is 10.1. The minimum atomic E-state index is -0.505. The molecule has 9 heteroatoms. The van der Waals surface area contributed by atoms with Gasteiger partial charge >= 0.3 is 12.2 Å². The Balaban J connectivity index is 1.25. The third-order valence-corrected chi connectivity index (χ3v) is 6.72. The Morgan fingerprint density at radius 1 is 0.892 bits per heavy atom. The third-order valence-electron chi connectivity index (χ3n) is 6.41. The molecule has 0 saturated carbocycles. The molecule has 0 aromatic heterocycles. The second kappa shape index (κ2) is 11.9. The number of nitrogens with zero attached hydrogens (tertiary/aromatic N) is 3. The van der Waals surface area contributed by atoms with Crippen LogP contribution >= 0.6 is 11.6 Å². The Labute approximate surface area is 224 Å². The highest BCUT2D eigenvalue weighted by Crippen LogP contribution is 2.32. The Kier molecular flexibility index (Phi) is 8.69. The van der Waals surface area contributed by atoms with Crippen molar-refractivity contribution >= 4 is 29.5 Å². The van der Waals surface area contributed by atoms with Gasteiger partial charge in [-0.25, -0.2) is 9.59 Å². The fraction of sp³-hybridized carbons (Fsp3) is 0.500. The Bertz CT molecular complexity index is 1060. The molecule has 2 aromatic carbocycles. The predicted molar refractivity (Wildman–Crippen MR) is 143 cm³/mol. The molecular formula is C28H36ClN3O5. The molecule has 0 aliphatic carbocycles. The van der Waals surface area contributed by atoms with E-state index in [9.17, 15) is 9.59 Å². The number of piperidine rings is 1. The number of ether oxygens (including phenoxy) is 3. The molecule has 200 valence electrons. The molecule has 2 aliphatic rings. The average Bonchev–Trinajstić information content (AvgIpc) is 2.89. The van der Waals surface area contributed by atoms with Gasteiger partial charge in [-0.1, -0.05) is 41.9 Å². The molecule has 4 rings (SSSR count). The van der Waals surface area contributed by atoms with Crippen molar-refractivity contribution in [3.8, 4) is 5.75 Å². The van der Waals surface area contributed by atoms with Crippen molar-refractivity contribution in [2.24, 2.45) is 0 Å². The lowest BCUT2D eigenvalue weighted by Gasteiger charge is -2.37. The Hall–Kier alpha value is -3.13. The average molecular weight is 530 g/mol. The van der Waals surface area contributed by atoms with Gasteiger partial charge in [0.25, 0.3) is 0 Å². The monoisotopic (exact) mass is 529 g/mol. The van der Waals surface area contributed by atoms with Gasteiger partial charge in [0.2, 0.25) is 0 Å². The van der Waals surface area contributed by atoms with Gasteiger partial charge in [-0.2, -0.15) is 0 Å². The first-order valence-corrected chi connectivity index (χ1v) is 13.2. The zero-order valence-electron chi connectivity index (χ0n) is 21.8. The lowest BCUT2D eigenvalue weighted by molar-refractivity contribution is 0.0240. The summed E-state index contributed by atoms with van der Waals surface area (Å²) in [6, 6.07) is 15.5. The van der Waals surface area contributed by atoms with E-state index in [1.165, 1.54) is 0 Å². The van der Waals surface area contributed by atoms with Crippen LogP contribution in [-0.2, 0) is 16.1 Å². The first-order chi connectivity index (χ1) is 17.7. The smallest absolute Gasteiger partial charge is 0.410 e. The number of likely N-dealkylation sites (tertiary alicyclic amines) is 1. The number of halogens is 1. The van der Waals surface area contributed by atoms with Crippen molar-refractivity contribution < 1.29 is 23.8 Å². The molecule has 0 spiro atoms. The van der Waals surface area contributed by atoms with Crippen LogP contribution in [-0.4, -0.2) is 73.0 Å². The molecule has 2 saturated heterocycles. The molecule has 0 radical (unpaired) electrons. The highest BCUT2D eigenvalue weighted by molar-refractivity contribution is 6.32. The van der Waals surface area contributed by atoms with E-state index in [0.29, 0.717) is 62.9 Å². The lowest BCUT2D eigenvalue weighted by Crippen LogP contribution is -2.50. The zero-order chi connectivity index (χ0) is 26.4. The van der Waals surface area contributed by atoms with Crippen molar-refractivity contribution in [3.05, 3.63) is 59.1 Å². The predicted octanol–water partition coefficient (Wildman–Crippen LogP) is 5.58. The Morgan fingerprint density at radius 3 is 2.19 bits per heavy atom. The summed E-state index contributed by atoms with van der Waals surface area (Å²) in [5.41, 5.74) is 1.47. The number of anilines is 1. The van der Waals surface area contributed by atoms with Crippen molar-refractivity contribution in [1.82, 2.24) is 9.80 Å². The second-order valence-corrected chi connectivity index (χ2v) is 10.8. The van der Waals surface area contributed by atoms with Crippen LogP contribution in [0.5, 0.6) is 5.75 Å². The number of amides is 2. The third kappa shape index (κ3) is 7.68. The maximum Gasteiger partial charge on any atom is 0.410 e. The van der Waals surface area contributed by atoms with Gasteiger partial charge in [-0.05, 0) is 38.5 Å². The van der Waals surface area contributed by atoms with E-state index < -0.39 is 5.60 Å². The summed E-state index contributed by atoms with van der Waals surface area (Å²) in [7, 11) is 0. The summed E-state index contributed by atoms with van der Waals surface area (Å²) in [6.45, 7) is 9.61. The fourth-order valence-corrected chi connectivity index (χ4v) is 4.56. The van der Waals surface area contributed by atoms with E-state index in [4.69, 9.17) is 25.8 Å². The molecule has 0 unspecified atom stereocenters. The summed E-state index contributed by atoms with van der Waals surface area (Å²) in [6.07, 6.45) is 0.802. The van der Waals surface area contributed by atoms with E-state index in [2.05, 4.69) is 4.90 Å². The summed E-state index contributed by atoms with van der Waals surface area (Å²) < 4.78 is 17.2. The van der Waals surface area contributed by atoms with E-state index >= 15 is 0 Å². The zero-order valence-corrected chi connectivity index (χ0v) is 22.6. The second-order valence-electron chi connectivity index (χ2n) is 10.4. The minimum absolute atomic E-state index is 0.0325. The molecular weight excluding hydrogens is 494 g/mol. The molecule has 0 bridgehead atoms. The van der Waals surface area contributed by atoms with E-state index in [0.717, 1.165) is 11.3 Å². The summed E-state index contributed by atoms with van der Waals surface area (Å²) in [4.78, 5) is 30.5. The molecule has 2 amide bonds. The van der Waals surface area contributed by atoms with E-state index in [1.807, 2.05) is 69.3 Å². The van der Waals surface area contributed by atoms with Crippen LogP contribution in [0, 0.1) is 0 Å². The maximum atomic E-state index is 12.4. The molecule has 0 atom stereocenters. The highest BCUT2D eigenvalue weighted by atomic mass is 35.5. The van der Waals surface area contributed by atoms with Crippen LogP contribution in [0.15, 0.2) is 48.5 Å². The molecule has 2 heterocycles. The highest BCUT2D eigenvalue weighted by Gasteiger charge is 2.28. The molecule has 0 N–H and O–H groups in total. The molecule has 37 heavy (non-hydrogen) atoms. The standard InChI is InChI=1S/C28H36ClN3O5/c1-28(2,3)37-27(34)32-17-15-30(16-18-32)22-9-10-24(29)25(19-22)36-23-11-13-31(14-12-23)26(33)35-20-21-7-5-4-6-8-21/h4-10,19,23H,11-18,20H2,1-3H3. The normalized spacial score (nSPS) is 16.9. The van der Waals surface area contributed by atoms with Crippen LogP contribution in [0.1, 0.15) is 39.2 Å². The first-order valence-electron chi connectivity index (χ1n) is 12.8. The van der Waals surface area contributed by atoms with Gasteiger partial charge in [-0.3, -0.25) is 0 Å².